The highest BCUT2D eigenvalue weighted by Gasteiger charge is 2.30. The molecule has 2 aromatic carbocycles. The molecule has 30 heavy (non-hydrogen) atoms. The predicted octanol–water partition coefficient (Wildman–Crippen LogP) is 5.22. The summed E-state index contributed by atoms with van der Waals surface area (Å²) in [4.78, 5) is -0.536. The standard InChI is InChI=1S/C21H14F3NO4S/c22-21(23,24)15-5-4-6-16(11-15)28-14-18-10-9-17(29-18)12-20(13-25)30(26,27)19-7-2-1-3-8-19/h1-12H,14H2/b20-12+. The number of benzene rings is 2. The van der Waals surface area contributed by atoms with Crippen molar-refractivity contribution in [2.24, 2.45) is 0 Å². The van der Waals surface area contributed by atoms with Gasteiger partial charge in [-0.1, -0.05) is 24.3 Å². The van der Waals surface area contributed by atoms with Crippen molar-refractivity contribution in [2.45, 2.75) is 17.7 Å². The lowest BCUT2D eigenvalue weighted by Crippen LogP contribution is -2.05. The van der Waals surface area contributed by atoms with E-state index in [1.54, 1.807) is 12.1 Å². The predicted molar refractivity (Wildman–Crippen MR) is 102 cm³/mol. The van der Waals surface area contributed by atoms with Gasteiger partial charge < -0.3 is 9.15 Å². The Bertz CT molecular complexity index is 1210. The van der Waals surface area contributed by atoms with Crippen molar-refractivity contribution in [1.29, 1.82) is 5.26 Å². The van der Waals surface area contributed by atoms with E-state index in [1.165, 1.54) is 48.5 Å². The van der Waals surface area contributed by atoms with Gasteiger partial charge in [-0.15, -0.1) is 0 Å². The van der Waals surface area contributed by atoms with Crippen molar-refractivity contribution in [3.8, 4) is 11.8 Å². The SMILES string of the molecule is N#C/C(=C\c1ccc(COc2cccc(C(F)(F)F)c2)o1)S(=O)(=O)c1ccccc1. The molecule has 0 atom stereocenters. The highest BCUT2D eigenvalue weighted by molar-refractivity contribution is 7.95. The third-order valence-corrected chi connectivity index (χ3v) is 5.63. The van der Waals surface area contributed by atoms with E-state index in [1.807, 2.05) is 0 Å². The first-order valence-electron chi connectivity index (χ1n) is 8.51. The molecule has 0 radical (unpaired) electrons. The maximum absolute atomic E-state index is 12.8. The Labute approximate surface area is 170 Å². The molecule has 3 rings (SSSR count). The summed E-state index contributed by atoms with van der Waals surface area (Å²) in [5.74, 6) is 0.337. The van der Waals surface area contributed by atoms with E-state index in [4.69, 9.17) is 9.15 Å². The Morgan fingerprint density at radius 3 is 2.47 bits per heavy atom. The van der Waals surface area contributed by atoms with Gasteiger partial charge in [0.1, 0.15) is 29.9 Å². The summed E-state index contributed by atoms with van der Waals surface area (Å²) >= 11 is 0. The van der Waals surface area contributed by atoms with Crippen LogP contribution in [0.3, 0.4) is 0 Å². The van der Waals surface area contributed by atoms with E-state index in [9.17, 15) is 26.9 Å². The van der Waals surface area contributed by atoms with Gasteiger partial charge in [-0.25, -0.2) is 8.42 Å². The summed E-state index contributed by atoms with van der Waals surface area (Å²) in [6.07, 6.45) is -3.41. The van der Waals surface area contributed by atoms with Crippen molar-refractivity contribution in [1.82, 2.24) is 0 Å². The van der Waals surface area contributed by atoms with Crippen LogP contribution >= 0.6 is 0 Å². The van der Waals surface area contributed by atoms with Gasteiger partial charge >= 0.3 is 6.18 Å². The van der Waals surface area contributed by atoms with E-state index in [0.29, 0.717) is 0 Å². The highest BCUT2D eigenvalue weighted by Crippen LogP contribution is 2.31. The number of halogens is 3. The minimum atomic E-state index is -4.49. The number of furan rings is 1. The molecule has 9 heteroatoms. The van der Waals surface area contributed by atoms with Gasteiger partial charge in [0.25, 0.3) is 0 Å². The van der Waals surface area contributed by atoms with Crippen LogP contribution < -0.4 is 4.74 Å². The van der Waals surface area contributed by atoms with E-state index >= 15 is 0 Å². The van der Waals surface area contributed by atoms with Crippen LogP contribution in [0.15, 0.2) is 80.9 Å². The van der Waals surface area contributed by atoms with Crippen LogP contribution in [-0.4, -0.2) is 8.42 Å². The highest BCUT2D eigenvalue weighted by atomic mass is 32.2. The van der Waals surface area contributed by atoms with Crippen LogP contribution in [-0.2, 0) is 22.6 Å². The average Bonchev–Trinajstić information content (AvgIpc) is 3.18. The summed E-state index contributed by atoms with van der Waals surface area (Å²) in [5, 5.41) is 9.28. The van der Waals surface area contributed by atoms with Gasteiger partial charge in [-0.3, -0.25) is 0 Å². The molecule has 0 saturated carbocycles. The molecule has 0 aliphatic carbocycles. The largest absolute Gasteiger partial charge is 0.486 e. The molecule has 0 unspecified atom stereocenters. The van der Waals surface area contributed by atoms with Crippen LogP contribution in [0.4, 0.5) is 13.2 Å². The number of hydrogen-bond donors (Lipinski definition) is 0. The second-order valence-corrected chi connectivity index (χ2v) is 7.97. The molecule has 0 saturated heterocycles. The summed E-state index contributed by atoms with van der Waals surface area (Å²) < 4.78 is 74.1. The molecule has 0 spiro atoms. The maximum Gasteiger partial charge on any atom is 0.416 e. The topological polar surface area (TPSA) is 80.3 Å². The van der Waals surface area contributed by atoms with Crippen molar-refractivity contribution < 1.29 is 30.7 Å². The smallest absolute Gasteiger partial charge is 0.416 e. The van der Waals surface area contributed by atoms with Crippen molar-refractivity contribution >= 4 is 15.9 Å². The zero-order chi connectivity index (χ0) is 21.8. The Hall–Kier alpha value is -3.51. The van der Waals surface area contributed by atoms with E-state index in [-0.39, 0.29) is 28.8 Å². The third-order valence-electron chi connectivity index (χ3n) is 3.95. The molecule has 0 amide bonds. The van der Waals surface area contributed by atoms with Crippen molar-refractivity contribution in [3.63, 3.8) is 0 Å². The van der Waals surface area contributed by atoms with Crippen molar-refractivity contribution in [2.75, 3.05) is 0 Å². The first kappa shape index (κ1) is 21.2. The zero-order valence-electron chi connectivity index (χ0n) is 15.3. The van der Waals surface area contributed by atoms with Crippen LogP contribution in [0.2, 0.25) is 0 Å². The molecule has 1 aromatic heterocycles. The molecule has 0 bridgehead atoms. The zero-order valence-corrected chi connectivity index (χ0v) is 16.1. The fourth-order valence-electron chi connectivity index (χ4n) is 2.49. The summed E-state index contributed by atoms with van der Waals surface area (Å²) in [5.41, 5.74) is -0.840. The number of rotatable bonds is 6. The van der Waals surface area contributed by atoms with Gasteiger partial charge in [0.05, 0.1) is 10.5 Å². The molecule has 0 fully saturated rings. The molecular weight excluding hydrogens is 419 g/mol. The molecule has 1 heterocycles. The minimum absolute atomic E-state index is 0.00249. The third kappa shape index (κ3) is 4.90. The van der Waals surface area contributed by atoms with Crippen LogP contribution in [0.1, 0.15) is 17.1 Å². The first-order valence-corrected chi connectivity index (χ1v) is 9.99. The number of allylic oxidation sites excluding steroid dienone is 1. The molecule has 5 nitrogen and oxygen atoms in total. The molecule has 0 N–H and O–H groups in total. The number of hydrogen-bond acceptors (Lipinski definition) is 5. The van der Waals surface area contributed by atoms with E-state index in [2.05, 4.69) is 0 Å². The van der Waals surface area contributed by atoms with E-state index in [0.717, 1.165) is 18.2 Å². The quantitative estimate of drug-likeness (QED) is 0.498. The average molecular weight is 433 g/mol. The second-order valence-electron chi connectivity index (χ2n) is 6.06. The Morgan fingerprint density at radius 1 is 1.07 bits per heavy atom. The van der Waals surface area contributed by atoms with Gasteiger partial charge in [0.2, 0.25) is 9.84 Å². The lowest BCUT2D eigenvalue weighted by molar-refractivity contribution is -0.137. The summed E-state index contributed by atoms with van der Waals surface area (Å²) in [7, 11) is -4.01. The van der Waals surface area contributed by atoms with Crippen LogP contribution in [0.25, 0.3) is 6.08 Å². The first-order chi connectivity index (χ1) is 14.2. The van der Waals surface area contributed by atoms with Gasteiger partial charge in [0, 0.05) is 6.08 Å². The fraction of sp³-hybridized carbons (Fsp3) is 0.0952. The normalized spacial score (nSPS) is 12.4. The monoisotopic (exact) mass is 433 g/mol. The maximum atomic E-state index is 12.8. The fourth-order valence-corrected chi connectivity index (χ4v) is 3.65. The Balaban J connectivity index is 1.76. The Kier molecular flexibility index (Phi) is 5.99. The summed E-state index contributed by atoms with van der Waals surface area (Å²) in [6.45, 7) is -0.178. The number of nitriles is 1. The van der Waals surface area contributed by atoms with Crippen LogP contribution in [0, 0.1) is 11.3 Å². The van der Waals surface area contributed by atoms with E-state index < -0.39 is 26.5 Å². The molecule has 0 aliphatic rings. The number of sulfone groups is 1. The second kappa shape index (κ2) is 8.47. The molecule has 0 aliphatic heterocycles. The van der Waals surface area contributed by atoms with Crippen molar-refractivity contribution in [3.05, 3.63) is 88.7 Å². The van der Waals surface area contributed by atoms with Gasteiger partial charge in [-0.05, 0) is 42.5 Å². The number of ether oxygens (including phenoxy) is 1. The molecular formula is C21H14F3NO4S. The Morgan fingerprint density at radius 2 is 1.80 bits per heavy atom. The lowest BCUT2D eigenvalue weighted by Gasteiger charge is -2.09. The van der Waals surface area contributed by atoms with Gasteiger partial charge in [0.15, 0.2) is 4.91 Å². The minimum Gasteiger partial charge on any atom is -0.486 e. The number of alkyl halides is 3. The molecule has 154 valence electrons. The molecule has 3 aromatic rings. The summed E-state index contributed by atoms with van der Waals surface area (Å²) in [6, 6.07) is 16.4. The lowest BCUT2D eigenvalue weighted by atomic mass is 10.2. The number of nitrogens with zero attached hydrogens (tertiary/aromatic N) is 1. The van der Waals surface area contributed by atoms with Crippen LogP contribution in [0.5, 0.6) is 5.75 Å². The van der Waals surface area contributed by atoms with Gasteiger partial charge in [-0.2, -0.15) is 18.4 Å².